The highest BCUT2D eigenvalue weighted by molar-refractivity contribution is 5.77. The summed E-state index contributed by atoms with van der Waals surface area (Å²) in [5.74, 6) is -0.404. The van der Waals surface area contributed by atoms with Crippen molar-refractivity contribution >= 4 is 11.8 Å². The Hall–Kier alpha value is -2.70. The Kier molecular flexibility index (Phi) is 5.65. The van der Waals surface area contributed by atoms with E-state index in [1.54, 1.807) is 42.3 Å². The van der Waals surface area contributed by atoms with Gasteiger partial charge in [0.25, 0.3) is 0 Å². The minimum absolute atomic E-state index is 0.00864. The van der Waals surface area contributed by atoms with E-state index in [-0.39, 0.29) is 36.3 Å². The first-order valence-corrected chi connectivity index (χ1v) is 8.79. The minimum Gasteiger partial charge on any atom is -0.350 e. The van der Waals surface area contributed by atoms with E-state index in [1.165, 1.54) is 12.1 Å². The summed E-state index contributed by atoms with van der Waals surface area (Å²) >= 11 is 0. The van der Waals surface area contributed by atoms with Gasteiger partial charge in [-0.1, -0.05) is 12.1 Å². The summed E-state index contributed by atoms with van der Waals surface area (Å²) in [6.07, 6.45) is 7.19. The molecule has 0 unspecified atom stereocenters. The zero-order valence-electron chi connectivity index (χ0n) is 14.8. The van der Waals surface area contributed by atoms with E-state index in [0.29, 0.717) is 13.0 Å². The Bertz CT molecular complexity index is 745. The quantitative estimate of drug-likeness (QED) is 0.886. The molecular formula is C19H23FN4O2. The maximum Gasteiger partial charge on any atom is 0.240 e. The summed E-state index contributed by atoms with van der Waals surface area (Å²) in [4.78, 5) is 30.2. The normalized spacial score (nSPS) is 20.0. The lowest BCUT2D eigenvalue weighted by Crippen LogP contribution is -2.57. The lowest BCUT2D eigenvalue weighted by Gasteiger charge is -2.41. The largest absolute Gasteiger partial charge is 0.350 e. The highest BCUT2D eigenvalue weighted by atomic mass is 19.1. The molecule has 138 valence electrons. The molecule has 1 aliphatic heterocycles. The number of imidazole rings is 1. The number of benzene rings is 1. The van der Waals surface area contributed by atoms with Crippen LogP contribution >= 0.6 is 0 Å². The average molecular weight is 358 g/mol. The molecule has 0 bridgehead atoms. The number of piperidine rings is 1. The molecule has 0 spiro atoms. The smallest absolute Gasteiger partial charge is 0.240 e. The van der Waals surface area contributed by atoms with Crippen LogP contribution in [-0.4, -0.2) is 44.9 Å². The number of halogens is 1. The minimum atomic E-state index is -0.286. The van der Waals surface area contributed by atoms with Crippen LogP contribution in [0.5, 0.6) is 0 Å². The van der Waals surface area contributed by atoms with Crippen LogP contribution in [0.15, 0.2) is 43.0 Å². The molecule has 3 rings (SSSR count). The predicted octanol–water partition coefficient (Wildman–Crippen LogP) is 1.76. The fourth-order valence-corrected chi connectivity index (χ4v) is 3.53. The van der Waals surface area contributed by atoms with Gasteiger partial charge in [0.15, 0.2) is 0 Å². The summed E-state index contributed by atoms with van der Waals surface area (Å²) in [7, 11) is 0. The second kappa shape index (κ2) is 8.12. The molecule has 0 saturated carbocycles. The monoisotopic (exact) mass is 358 g/mol. The van der Waals surface area contributed by atoms with E-state index in [4.69, 9.17) is 0 Å². The van der Waals surface area contributed by atoms with Gasteiger partial charge in [-0.2, -0.15) is 0 Å². The number of carbonyl (C=O) groups excluding carboxylic acids is 2. The van der Waals surface area contributed by atoms with Crippen LogP contribution in [0.4, 0.5) is 4.39 Å². The average Bonchev–Trinajstić information content (AvgIpc) is 3.11. The number of aromatic nitrogens is 2. The first-order chi connectivity index (χ1) is 12.5. The Morgan fingerprint density at radius 1 is 1.31 bits per heavy atom. The summed E-state index contributed by atoms with van der Waals surface area (Å²) in [5, 5.41) is 3.07. The fraction of sp³-hybridized carbons (Fsp3) is 0.421. The number of hydrogen-bond donors (Lipinski definition) is 1. The van der Waals surface area contributed by atoms with Gasteiger partial charge in [-0.25, -0.2) is 9.37 Å². The third-order valence-electron chi connectivity index (χ3n) is 4.77. The topological polar surface area (TPSA) is 67.2 Å². The maximum absolute atomic E-state index is 13.2. The van der Waals surface area contributed by atoms with Gasteiger partial charge in [-0.15, -0.1) is 0 Å². The van der Waals surface area contributed by atoms with Crippen LogP contribution in [0.1, 0.15) is 25.3 Å². The van der Waals surface area contributed by atoms with Crippen molar-refractivity contribution in [3.05, 3.63) is 54.4 Å². The van der Waals surface area contributed by atoms with Crippen molar-refractivity contribution in [1.29, 1.82) is 0 Å². The molecular weight excluding hydrogens is 335 g/mol. The third-order valence-corrected chi connectivity index (χ3v) is 4.77. The van der Waals surface area contributed by atoms with Gasteiger partial charge in [-0.3, -0.25) is 9.59 Å². The Morgan fingerprint density at radius 3 is 2.73 bits per heavy atom. The van der Waals surface area contributed by atoms with Gasteiger partial charge in [0.2, 0.25) is 11.8 Å². The van der Waals surface area contributed by atoms with Gasteiger partial charge in [-0.05, 0) is 37.0 Å². The van der Waals surface area contributed by atoms with Crippen LogP contribution in [0.25, 0.3) is 0 Å². The lowest BCUT2D eigenvalue weighted by molar-refractivity contribution is -0.135. The molecule has 1 N–H and O–H groups in total. The first kappa shape index (κ1) is 18.1. The molecule has 1 saturated heterocycles. The molecule has 6 nitrogen and oxygen atoms in total. The van der Waals surface area contributed by atoms with Crippen molar-refractivity contribution in [3.8, 4) is 0 Å². The molecule has 1 fully saturated rings. The summed E-state index contributed by atoms with van der Waals surface area (Å²) in [5.41, 5.74) is 0.943. The number of nitrogens with zero attached hydrogens (tertiary/aromatic N) is 3. The molecule has 2 heterocycles. The molecule has 2 amide bonds. The zero-order valence-corrected chi connectivity index (χ0v) is 14.8. The van der Waals surface area contributed by atoms with Gasteiger partial charge in [0.1, 0.15) is 12.4 Å². The zero-order chi connectivity index (χ0) is 18.5. The van der Waals surface area contributed by atoms with Crippen LogP contribution in [-0.2, 0) is 22.6 Å². The Balaban J connectivity index is 1.73. The summed E-state index contributed by atoms with van der Waals surface area (Å²) < 4.78 is 14.9. The predicted molar refractivity (Wildman–Crippen MR) is 94.7 cm³/mol. The van der Waals surface area contributed by atoms with E-state index in [2.05, 4.69) is 10.3 Å². The number of likely N-dealkylation sites (tertiary alicyclic amines) is 1. The fourth-order valence-electron chi connectivity index (χ4n) is 3.53. The Morgan fingerprint density at radius 2 is 2.08 bits per heavy atom. The van der Waals surface area contributed by atoms with Crippen molar-refractivity contribution in [2.75, 3.05) is 6.54 Å². The van der Waals surface area contributed by atoms with Crippen LogP contribution < -0.4 is 5.32 Å². The van der Waals surface area contributed by atoms with Crippen molar-refractivity contribution in [1.82, 2.24) is 19.8 Å². The number of rotatable bonds is 5. The van der Waals surface area contributed by atoms with E-state index >= 15 is 0 Å². The van der Waals surface area contributed by atoms with Crippen molar-refractivity contribution in [3.63, 3.8) is 0 Å². The van der Waals surface area contributed by atoms with Gasteiger partial charge < -0.3 is 14.8 Å². The number of hydrogen-bond acceptors (Lipinski definition) is 3. The molecule has 26 heavy (non-hydrogen) atoms. The van der Waals surface area contributed by atoms with Crippen LogP contribution in [0.3, 0.4) is 0 Å². The van der Waals surface area contributed by atoms with Crippen LogP contribution in [0.2, 0.25) is 0 Å². The number of carbonyl (C=O) groups is 2. The lowest BCUT2D eigenvalue weighted by atomic mass is 9.90. The van der Waals surface area contributed by atoms with E-state index < -0.39 is 0 Å². The molecule has 1 aromatic heterocycles. The van der Waals surface area contributed by atoms with Crippen molar-refractivity contribution < 1.29 is 14.0 Å². The molecule has 1 aliphatic rings. The highest BCUT2D eigenvalue weighted by Gasteiger charge is 2.33. The van der Waals surface area contributed by atoms with Crippen molar-refractivity contribution in [2.24, 2.45) is 0 Å². The second-order valence-corrected chi connectivity index (χ2v) is 6.66. The highest BCUT2D eigenvalue weighted by Crippen LogP contribution is 2.22. The van der Waals surface area contributed by atoms with Gasteiger partial charge in [0, 0.05) is 31.9 Å². The molecule has 2 aromatic rings. The summed E-state index contributed by atoms with van der Waals surface area (Å²) in [6, 6.07) is 6.03. The molecule has 0 aliphatic carbocycles. The number of amides is 2. The maximum atomic E-state index is 13.2. The van der Waals surface area contributed by atoms with Gasteiger partial charge >= 0.3 is 0 Å². The van der Waals surface area contributed by atoms with Crippen molar-refractivity contribution in [2.45, 2.75) is 44.8 Å². The molecule has 0 radical (unpaired) electrons. The van der Waals surface area contributed by atoms with E-state index in [9.17, 15) is 14.0 Å². The molecule has 2 atom stereocenters. The van der Waals surface area contributed by atoms with E-state index in [1.807, 2.05) is 4.90 Å². The van der Waals surface area contributed by atoms with Crippen LogP contribution in [0, 0.1) is 5.82 Å². The second-order valence-electron chi connectivity index (χ2n) is 6.66. The molecule has 1 aromatic carbocycles. The van der Waals surface area contributed by atoms with E-state index in [0.717, 1.165) is 18.4 Å². The van der Waals surface area contributed by atoms with Gasteiger partial charge in [0.05, 0.1) is 12.4 Å². The first-order valence-electron chi connectivity index (χ1n) is 8.79. The summed E-state index contributed by atoms with van der Waals surface area (Å²) in [6.45, 7) is 2.42. The third kappa shape index (κ3) is 4.47. The number of nitrogens with one attached hydrogen (secondary N) is 1. The SMILES string of the molecule is CC(=O)N1CCC[C@H](NC(=O)Cn2ccnc2)[C@@H]1Cc1ccc(F)cc1. The Labute approximate surface area is 152 Å². The molecule has 7 heteroatoms. The standard InChI is InChI=1S/C19H23FN4O2/c1-14(25)24-9-2-3-17(22-19(26)12-23-10-8-21-13-23)18(24)11-15-4-6-16(20)7-5-15/h4-8,10,13,17-18H,2-3,9,11-12H2,1H3,(H,22,26)/t17-,18-/m0/s1.